The third-order valence-electron chi connectivity index (χ3n) is 2.74. The Bertz CT molecular complexity index is 329. The molecule has 0 bridgehead atoms. The Morgan fingerprint density at radius 3 is 2.76 bits per heavy atom. The first kappa shape index (κ1) is 14.1. The van der Waals surface area contributed by atoms with Gasteiger partial charge in [0.15, 0.2) is 0 Å². The molecule has 0 atom stereocenters. The van der Waals surface area contributed by atoms with Crippen LogP contribution >= 0.6 is 0 Å². The number of hydrogen-bond donors (Lipinski definition) is 1. The maximum atomic E-state index is 12.5. The largest absolute Gasteiger partial charge is 0.311 e. The quantitative estimate of drug-likeness (QED) is 0.739. The molecular weight excluding hydrogens is 222 g/mol. The summed E-state index contributed by atoms with van der Waals surface area (Å²) < 4.78 is 24.9. The van der Waals surface area contributed by atoms with Crippen LogP contribution < -0.4 is 5.32 Å². The molecule has 0 heterocycles. The lowest BCUT2D eigenvalue weighted by Crippen LogP contribution is -2.28. The van der Waals surface area contributed by atoms with Gasteiger partial charge >= 0.3 is 0 Å². The number of likely N-dealkylation sites (N-methyl/N-ethyl adjacent to an activating group) is 1. The van der Waals surface area contributed by atoms with Crippen LogP contribution in [0.4, 0.5) is 8.78 Å². The van der Waals surface area contributed by atoms with Gasteiger partial charge in [-0.1, -0.05) is 25.1 Å². The van der Waals surface area contributed by atoms with Gasteiger partial charge in [-0.3, -0.25) is 0 Å². The van der Waals surface area contributed by atoms with Gasteiger partial charge in [0, 0.05) is 25.2 Å². The molecule has 4 heteroatoms. The van der Waals surface area contributed by atoms with E-state index >= 15 is 0 Å². The summed E-state index contributed by atoms with van der Waals surface area (Å²) >= 11 is 0. The number of alkyl halides is 2. The first-order valence-corrected chi connectivity index (χ1v) is 5.89. The minimum Gasteiger partial charge on any atom is -0.311 e. The van der Waals surface area contributed by atoms with Crippen LogP contribution in [0.1, 0.15) is 24.5 Å². The maximum absolute atomic E-state index is 12.5. The van der Waals surface area contributed by atoms with Gasteiger partial charge in [-0.2, -0.15) is 0 Å². The molecule has 0 aliphatic heterocycles. The first-order chi connectivity index (χ1) is 8.13. The molecule has 2 nitrogen and oxygen atoms in total. The smallest absolute Gasteiger partial charge is 0.263 e. The van der Waals surface area contributed by atoms with E-state index in [0.717, 1.165) is 25.2 Å². The lowest BCUT2D eigenvalue weighted by Gasteiger charge is -2.14. The minimum absolute atomic E-state index is 0.0926. The lowest BCUT2D eigenvalue weighted by atomic mass is 10.1. The summed E-state index contributed by atoms with van der Waals surface area (Å²) in [6.45, 7) is 5.58. The number of nitrogens with zero attached hydrogens (tertiary/aromatic N) is 1. The molecule has 17 heavy (non-hydrogen) atoms. The molecule has 0 aliphatic carbocycles. The van der Waals surface area contributed by atoms with Crippen molar-refractivity contribution in [2.45, 2.75) is 19.9 Å². The molecule has 1 aromatic carbocycles. The summed E-state index contributed by atoms with van der Waals surface area (Å²) in [7, 11) is 2.05. The van der Waals surface area contributed by atoms with Crippen LogP contribution in [-0.2, 0) is 6.54 Å². The van der Waals surface area contributed by atoms with E-state index in [1.54, 1.807) is 12.1 Å². The zero-order chi connectivity index (χ0) is 12.7. The van der Waals surface area contributed by atoms with Crippen molar-refractivity contribution < 1.29 is 8.78 Å². The molecule has 0 saturated heterocycles. The lowest BCUT2D eigenvalue weighted by molar-refractivity contribution is 0.151. The number of rotatable bonds is 7. The standard InChI is InChI=1S/C13H20F2N2/c1-3-17(2)8-7-16-10-11-5-4-6-12(9-11)13(14)15/h4-6,9,13,16H,3,7-8,10H2,1-2H3. The monoisotopic (exact) mass is 242 g/mol. The zero-order valence-corrected chi connectivity index (χ0v) is 10.4. The highest BCUT2D eigenvalue weighted by Gasteiger charge is 2.06. The molecule has 0 saturated carbocycles. The molecule has 96 valence electrons. The molecule has 0 spiro atoms. The Labute approximate surface area is 102 Å². The van der Waals surface area contributed by atoms with Crippen molar-refractivity contribution in [3.8, 4) is 0 Å². The number of halogens is 2. The predicted octanol–water partition coefficient (Wildman–Crippen LogP) is 2.67. The van der Waals surface area contributed by atoms with E-state index in [1.807, 2.05) is 6.07 Å². The third-order valence-corrected chi connectivity index (χ3v) is 2.74. The second kappa shape index (κ2) is 7.35. The Balaban J connectivity index is 2.34. The summed E-state index contributed by atoms with van der Waals surface area (Å²) in [6, 6.07) is 6.55. The SMILES string of the molecule is CCN(C)CCNCc1cccc(C(F)F)c1. The average Bonchev–Trinajstić information content (AvgIpc) is 2.34. The molecule has 1 aromatic rings. The molecule has 1 rings (SSSR count). The van der Waals surface area contributed by atoms with Gasteiger partial charge in [0.1, 0.15) is 0 Å². The van der Waals surface area contributed by atoms with Crippen LogP contribution in [0.15, 0.2) is 24.3 Å². The maximum Gasteiger partial charge on any atom is 0.263 e. The fraction of sp³-hybridized carbons (Fsp3) is 0.538. The Morgan fingerprint density at radius 2 is 2.12 bits per heavy atom. The number of nitrogens with one attached hydrogen (secondary N) is 1. The normalized spacial score (nSPS) is 11.4. The topological polar surface area (TPSA) is 15.3 Å². The van der Waals surface area contributed by atoms with Crippen molar-refractivity contribution in [2.75, 3.05) is 26.7 Å². The van der Waals surface area contributed by atoms with E-state index in [0.29, 0.717) is 6.54 Å². The second-order valence-electron chi connectivity index (χ2n) is 4.12. The first-order valence-electron chi connectivity index (χ1n) is 5.89. The summed E-state index contributed by atoms with van der Waals surface area (Å²) in [5.74, 6) is 0. The van der Waals surface area contributed by atoms with Crippen molar-refractivity contribution in [2.24, 2.45) is 0 Å². The third kappa shape index (κ3) is 5.24. The van der Waals surface area contributed by atoms with Crippen LogP contribution in [0.25, 0.3) is 0 Å². The van der Waals surface area contributed by atoms with Crippen LogP contribution in [0.5, 0.6) is 0 Å². The van der Waals surface area contributed by atoms with E-state index in [2.05, 4.69) is 24.2 Å². The number of benzene rings is 1. The van der Waals surface area contributed by atoms with E-state index in [-0.39, 0.29) is 5.56 Å². The Kier molecular flexibility index (Phi) is 6.08. The van der Waals surface area contributed by atoms with Gasteiger partial charge < -0.3 is 10.2 Å². The molecule has 0 radical (unpaired) electrons. The molecule has 0 fully saturated rings. The fourth-order valence-corrected chi connectivity index (χ4v) is 1.50. The highest BCUT2D eigenvalue weighted by Crippen LogP contribution is 2.19. The average molecular weight is 242 g/mol. The highest BCUT2D eigenvalue weighted by molar-refractivity contribution is 5.24. The van der Waals surface area contributed by atoms with Gasteiger partial charge in [0.25, 0.3) is 6.43 Å². The number of hydrogen-bond acceptors (Lipinski definition) is 2. The fourth-order valence-electron chi connectivity index (χ4n) is 1.50. The Hall–Kier alpha value is -1.00. The van der Waals surface area contributed by atoms with E-state index < -0.39 is 6.43 Å². The van der Waals surface area contributed by atoms with Crippen molar-refractivity contribution in [1.29, 1.82) is 0 Å². The van der Waals surface area contributed by atoms with E-state index in [9.17, 15) is 8.78 Å². The zero-order valence-electron chi connectivity index (χ0n) is 10.4. The summed E-state index contributed by atoms with van der Waals surface area (Å²) in [6.07, 6.45) is -2.39. The van der Waals surface area contributed by atoms with Crippen LogP contribution in [-0.4, -0.2) is 31.6 Å². The molecular formula is C13H20F2N2. The highest BCUT2D eigenvalue weighted by atomic mass is 19.3. The molecule has 0 unspecified atom stereocenters. The van der Waals surface area contributed by atoms with Crippen LogP contribution in [0, 0.1) is 0 Å². The molecule has 0 amide bonds. The summed E-state index contributed by atoms with van der Waals surface area (Å²) in [5, 5.41) is 3.25. The van der Waals surface area contributed by atoms with Crippen molar-refractivity contribution >= 4 is 0 Å². The van der Waals surface area contributed by atoms with Gasteiger partial charge in [-0.05, 0) is 25.2 Å². The van der Waals surface area contributed by atoms with Crippen molar-refractivity contribution in [1.82, 2.24) is 10.2 Å². The van der Waals surface area contributed by atoms with Gasteiger partial charge in [-0.15, -0.1) is 0 Å². The minimum atomic E-state index is -2.39. The van der Waals surface area contributed by atoms with E-state index in [1.165, 1.54) is 6.07 Å². The second-order valence-corrected chi connectivity index (χ2v) is 4.12. The van der Waals surface area contributed by atoms with Crippen molar-refractivity contribution in [3.63, 3.8) is 0 Å². The molecule has 0 aliphatic rings. The molecule has 1 N–H and O–H groups in total. The van der Waals surface area contributed by atoms with E-state index in [4.69, 9.17) is 0 Å². The van der Waals surface area contributed by atoms with Gasteiger partial charge in [-0.25, -0.2) is 8.78 Å². The Morgan fingerprint density at radius 1 is 1.35 bits per heavy atom. The predicted molar refractivity (Wildman–Crippen MR) is 66.3 cm³/mol. The van der Waals surface area contributed by atoms with Gasteiger partial charge in [0.2, 0.25) is 0 Å². The van der Waals surface area contributed by atoms with Crippen LogP contribution in [0.2, 0.25) is 0 Å². The molecule has 0 aromatic heterocycles. The van der Waals surface area contributed by atoms with Crippen LogP contribution in [0.3, 0.4) is 0 Å². The summed E-state index contributed by atoms with van der Waals surface area (Å²) in [4.78, 5) is 2.20. The summed E-state index contributed by atoms with van der Waals surface area (Å²) in [5.41, 5.74) is 0.997. The van der Waals surface area contributed by atoms with Gasteiger partial charge in [0.05, 0.1) is 0 Å². The van der Waals surface area contributed by atoms with Crippen molar-refractivity contribution in [3.05, 3.63) is 35.4 Å².